The molecule has 5 heteroatoms. The van der Waals surface area contributed by atoms with Crippen molar-refractivity contribution in [3.63, 3.8) is 0 Å². The number of benzene rings is 1. The number of unbranched alkanes of at least 4 members (excludes halogenated alkanes) is 1. The number of hydrogen-bond donors (Lipinski definition) is 1. The predicted octanol–water partition coefficient (Wildman–Crippen LogP) is 4.12. The van der Waals surface area contributed by atoms with E-state index < -0.39 is 40.4 Å². The lowest BCUT2D eigenvalue weighted by atomic mass is 9.94. The van der Waals surface area contributed by atoms with E-state index in [1.807, 2.05) is 6.92 Å². The first-order valence-electron chi connectivity index (χ1n) is 5.53. The van der Waals surface area contributed by atoms with E-state index in [-0.39, 0.29) is 0 Å². The standard InChI is InChI=1S/C12H15F4N/c1-3-4-5-6(2)7-8(13)10(15)12(17)11(16)9(7)14/h6H,3-5,17H2,1-2H3. The lowest BCUT2D eigenvalue weighted by Gasteiger charge is -2.15. The van der Waals surface area contributed by atoms with Crippen LogP contribution < -0.4 is 5.73 Å². The summed E-state index contributed by atoms with van der Waals surface area (Å²) in [6, 6.07) is 0. The Hall–Kier alpha value is -1.26. The fourth-order valence-corrected chi connectivity index (χ4v) is 1.75. The van der Waals surface area contributed by atoms with Crippen LogP contribution in [0.15, 0.2) is 0 Å². The van der Waals surface area contributed by atoms with Crippen molar-refractivity contribution in [2.45, 2.75) is 39.0 Å². The summed E-state index contributed by atoms with van der Waals surface area (Å²) in [4.78, 5) is 0. The second kappa shape index (κ2) is 5.38. The van der Waals surface area contributed by atoms with Crippen LogP contribution >= 0.6 is 0 Å². The molecule has 1 rings (SSSR count). The summed E-state index contributed by atoms with van der Waals surface area (Å²) in [7, 11) is 0. The van der Waals surface area contributed by atoms with Crippen molar-refractivity contribution in [3.8, 4) is 0 Å². The molecule has 0 spiro atoms. The maximum absolute atomic E-state index is 13.5. The summed E-state index contributed by atoms with van der Waals surface area (Å²) >= 11 is 0. The maximum Gasteiger partial charge on any atom is 0.185 e. The molecule has 96 valence electrons. The monoisotopic (exact) mass is 249 g/mol. The molecular weight excluding hydrogens is 234 g/mol. The zero-order valence-electron chi connectivity index (χ0n) is 9.79. The van der Waals surface area contributed by atoms with Gasteiger partial charge >= 0.3 is 0 Å². The van der Waals surface area contributed by atoms with Crippen molar-refractivity contribution < 1.29 is 17.6 Å². The molecule has 0 radical (unpaired) electrons. The molecule has 0 aliphatic carbocycles. The molecule has 1 aromatic carbocycles. The van der Waals surface area contributed by atoms with Gasteiger partial charge in [-0.25, -0.2) is 17.6 Å². The molecular formula is C12H15F4N. The van der Waals surface area contributed by atoms with Gasteiger partial charge in [-0.1, -0.05) is 26.7 Å². The van der Waals surface area contributed by atoms with Gasteiger partial charge in [-0.05, 0) is 12.3 Å². The highest BCUT2D eigenvalue weighted by atomic mass is 19.2. The molecule has 2 N–H and O–H groups in total. The molecule has 17 heavy (non-hydrogen) atoms. The Morgan fingerprint density at radius 3 is 1.88 bits per heavy atom. The second-order valence-electron chi connectivity index (χ2n) is 4.13. The maximum atomic E-state index is 13.5. The minimum atomic E-state index is -1.51. The van der Waals surface area contributed by atoms with Crippen LogP contribution in [0, 0.1) is 23.3 Å². The highest BCUT2D eigenvalue weighted by molar-refractivity contribution is 5.46. The molecule has 0 amide bonds. The van der Waals surface area contributed by atoms with Crippen LogP contribution in [0.25, 0.3) is 0 Å². The molecule has 1 atom stereocenters. The third-order valence-electron chi connectivity index (χ3n) is 2.81. The summed E-state index contributed by atoms with van der Waals surface area (Å²) in [5, 5.41) is 0. The first-order chi connectivity index (χ1) is 7.91. The van der Waals surface area contributed by atoms with Crippen LogP contribution in [0.5, 0.6) is 0 Å². The normalized spacial score (nSPS) is 12.8. The molecule has 0 saturated heterocycles. The van der Waals surface area contributed by atoms with Gasteiger partial charge in [0.25, 0.3) is 0 Å². The van der Waals surface area contributed by atoms with E-state index in [1.165, 1.54) is 6.92 Å². The van der Waals surface area contributed by atoms with Gasteiger partial charge in [-0.2, -0.15) is 0 Å². The molecule has 1 nitrogen and oxygen atoms in total. The van der Waals surface area contributed by atoms with Crippen LogP contribution in [-0.4, -0.2) is 0 Å². The first kappa shape index (κ1) is 13.8. The smallest absolute Gasteiger partial charge is 0.185 e. The summed E-state index contributed by atoms with van der Waals surface area (Å²) in [6.45, 7) is 3.45. The van der Waals surface area contributed by atoms with Gasteiger partial charge in [0, 0.05) is 5.56 Å². The predicted molar refractivity (Wildman–Crippen MR) is 58.6 cm³/mol. The highest BCUT2D eigenvalue weighted by Gasteiger charge is 2.26. The Balaban J connectivity index is 3.24. The van der Waals surface area contributed by atoms with Crippen molar-refractivity contribution in [3.05, 3.63) is 28.8 Å². The number of rotatable bonds is 4. The molecule has 0 bridgehead atoms. The van der Waals surface area contributed by atoms with Crippen LogP contribution in [0.2, 0.25) is 0 Å². The van der Waals surface area contributed by atoms with Gasteiger partial charge in [0.15, 0.2) is 23.3 Å². The van der Waals surface area contributed by atoms with Crippen molar-refractivity contribution in [2.75, 3.05) is 5.73 Å². The summed E-state index contributed by atoms with van der Waals surface area (Å²) < 4.78 is 53.5. The van der Waals surface area contributed by atoms with E-state index in [9.17, 15) is 17.6 Å². The van der Waals surface area contributed by atoms with Gasteiger partial charge < -0.3 is 5.73 Å². The van der Waals surface area contributed by atoms with Crippen LogP contribution in [0.4, 0.5) is 23.2 Å². The number of anilines is 1. The average molecular weight is 249 g/mol. The molecule has 0 fully saturated rings. The quantitative estimate of drug-likeness (QED) is 0.485. The van der Waals surface area contributed by atoms with Crippen molar-refractivity contribution >= 4 is 5.69 Å². The molecule has 0 aliphatic rings. The van der Waals surface area contributed by atoms with Crippen LogP contribution in [-0.2, 0) is 0 Å². The Kier molecular flexibility index (Phi) is 4.37. The molecule has 1 unspecified atom stereocenters. The summed E-state index contributed by atoms with van der Waals surface area (Å²) in [6.07, 6.45) is 2.04. The van der Waals surface area contributed by atoms with Crippen molar-refractivity contribution in [1.29, 1.82) is 0 Å². The van der Waals surface area contributed by atoms with Crippen molar-refractivity contribution in [1.82, 2.24) is 0 Å². The zero-order chi connectivity index (χ0) is 13.2. The lowest BCUT2D eigenvalue weighted by molar-refractivity contribution is 0.428. The van der Waals surface area contributed by atoms with Crippen molar-refractivity contribution in [2.24, 2.45) is 0 Å². The van der Waals surface area contributed by atoms with Crippen LogP contribution in [0.3, 0.4) is 0 Å². The Morgan fingerprint density at radius 2 is 1.47 bits per heavy atom. The average Bonchev–Trinajstić information content (AvgIpc) is 2.31. The lowest BCUT2D eigenvalue weighted by Crippen LogP contribution is -2.10. The third-order valence-corrected chi connectivity index (χ3v) is 2.81. The SMILES string of the molecule is CCCCC(C)c1c(F)c(F)c(N)c(F)c1F. The van der Waals surface area contributed by atoms with E-state index in [2.05, 4.69) is 0 Å². The van der Waals surface area contributed by atoms with Gasteiger partial charge in [0.2, 0.25) is 0 Å². The molecule has 0 aromatic heterocycles. The second-order valence-corrected chi connectivity index (χ2v) is 4.13. The van der Waals surface area contributed by atoms with Gasteiger partial charge in [0.1, 0.15) is 5.69 Å². The third kappa shape index (κ3) is 2.53. The summed E-state index contributed by atoms with van der Waals surface area (Å²) in [5.41, 5.74) is 3.26. The fraction of sp³-hybridized carbons (Fsp3) is 0.500. The number of hydrogen-bond acceptors (Lipinski definition) is 1. The Morgan fingerprint density at radius 1 is 1.00 bits per heavy atom. The Labute approximate surface area is 97.6 Å². The Bertz CT molecular complexity index is 388. The number of nitrogen functional groups attached to an aromatic ring is 1. The largest absolute Gasteiger partial charge is 0.394 e. The fourth-order valence-electron chi connectivity index (χ4n) is 1.75. The topological polar surface area (TPSA) is 26.0 Å². The van der Waals surface area contributed by atoms with E-state index in [0.29, 0.717) is 6.42 Å². The zero-order valence-corrected chi connectivity index (χ0v) is 9.79. The molecule has 0 saturated carbocycles. The van der Waals surface area contributed by atoms with E-state index >= 15 is 0 Å². The minimum Gasteiger partial charge on any atom is -0.394 e. The molecule has 1 aromatic rings. The van der Waals surface area contributed by atoms with Gasteiger partial charge in [-0.3, -0.25) is 0 Å². The van der Waals surface area contributed by atoms with E-state index in [0.717, 1.165) is 12.8 Å². The van der Waals surface area contributed by atoms with Gasteiger partial charge in [0.05, 0.1) is 0 Å². The first-order valence-corrected chi connectivity index (χ1v) is 5.53. The molecule has 0 aliphatic heterocycles. The molecule has 0 heterocycles. The van der Waals surface area contributed by atoms with E-state index in [4.69, 9.17) is 5.73 Å². The van der Waals surface area contributed by atoms with E-state index in [1.54, 1.807) is 0 Å². The number of nitrogens with two attached hydrogens (primary N) is 1. The number of halogens is 4. The minimum absolute atomic E-state index is 0.465. The highest BCUT2D eigenvalue weighted by Crippen LogP contribution is 2.32. The van der Waals surface area contributed by atoms with Gasteiger partial charge in [-0.15, -0.1) is 0 Å². The van der Waals surface area contributed by atoms with Crippen LogP contribution in [0.1, 0.15) is 44.6 Å². The summed E-state index contributed by atoms with van der Waals surface area (Å²) in [5.74, 6) is -6.38.